The number of hydrogen-bond acceptors (Lipinski definition) is 2. The molecule has 0 aromatic heterocycles. The van der Waals surface area contributed by atoms with Gasteiger partial charge in [0.1, 0.15) is 0 Å². The summed E-state index contributed by atoms with van der Waals surface area (Å²) in [5, 5.41) is 0.177. The molecule has 0 saturated carbocycles. The van der Waals surface area contributed by atoms with Crippen LogP contribution in [0.2, 0.25) is 0 Å². The van der Waals surface area contributed by atoms with Crippen molar-refractivity contribution in [3.63, 3.8) is 0 Å². The molecule has 1 fully saturated rings. The van der Waals surface area contributed by atoms with Gasteiger partial charge in [-0.1, -0.05) is 6.92 Å². The average Bonchev–Trinajstić information content (AvgIpc) is 2.09. The lowest BCUT2D eigenvalue weighted by Crippen LogP contribution is -2.41. The van der Waals surface area contributed by atoms with Gasteiger partial charge in [0.25, 0.3) is 0 Å². The third-order valence-electron chi connectivity index (χ3n) is 2.56. The van der Waals surface area contributed by atoms with Crippen LogP contribution in [0.25, 0.3) is 0 Å². The van der Waals surface area contributed by atoms with Crippen molar-refractivity contribution in [3.8, 4) is 0 Å². The lowest BCUT2D eigenvalue weighted by Gasteiger charge is -2.33. The highest BCUT2D eigenvalue weighted by atomic mass is 35.5. The first kappa shape index (κ1) is 13.5. The smallest absolute Gasteiger partial charge is 0.302 e. The summed E-state index contributed by atoms with van der Waals surface area (Å²) >= 11 is 6.08. The number of alkyl halides is 4. The van der Waals surface area contributed by atoms with E-state index in [0.717, 1.165) is 19.5 Å². The van der Waals surface area contributed by atoms with Crippen molar-refractivity contribution in [2.45, 2.75) is 24.2 Å². The van der Waals surface area contributed by atoms with E-state index in [2.05, 4.69) is 4.90 Å². The van der Waals surface area contributed by atoms with Gasteiger partial charge in [-0.2, -0.15) is 13.2 Å². The lowest BCUT2D eigenvalue weighted by molar-refractivity contribution is -0.0329. The molecule has 0 radical (unpaired) electrons. The van der Waals surface area contributed by atoms with Gasteiger partial charge in [-0.15, -0.1) is 11.6 Å². The topological polar surface area (TPSA) is 3.24 Å². The average molecular weight is 262 g/mol. The minimum absolute atomic E-state index is 0.0546. The van der Waals surface area contributed by atoms with Crippen LogP contribution in [0, 0.1) is 5.92 Å². The van der Waals surface area contributed by atoms with Crippen molar-refractivity contribution in [3.05, 3.63) is 0 Å². The standard InChI is InChI=1S/C9H15ClF3NS/c1-7-6-14(3-2-8(7)10)4-5-15-9(11,12)13/h7-8H,2-6H2,1H3. The van der Waals surface area contributed by atoms with E-state index in [1.54, 1.807) is 0 Å². The monoisotopic (exact) mass is 261 g/mol. The van der Waals surface area contributed by atoms with Crippen LogP contribution in [0.3, 0.4) is 0 Å². The molecule has 0 aromatic rings. The molecule has 6 heteroatoms. The van der Waals surface area contributed by atoms with Gasteiger partial charge in [0.15, 0.2) is 0 Å². The molecule has 1 saturated heterocycles. The minimum Gasteiger partial charge on any atom is -0.302 e. The maximum atomic E-state index is 11.9. The Morgan fingerprint density at radius 3 is 2.67 bits per heavy atom. The predicted octanol–water partition coefficient (Wildman–Crippen LogP) is 3.19. The number of hydrogen-bond donors (Lipinski definition) is 0. The third kappa shape index (κ3) is 5.31. The Morgan fingerprint density at radius 2 is 2.13 bits per heavy atom. The summed E-state index contributed by atoms with van der Waals surface area (Å²) in [5.74, 6) is 0.486. The second-order valence-electron chi connectivity index (χ2n) is 3.88. The molecule has 0 bridgehead atoms. The Balaban J connectivity index is 2.17. The molecule has 1 nitrogen and oxygen atoms in total. The van der Waals surface area contributed by atoms with Crippen LogP contribution in [0.1, 0.15) is 13.3 Å². The first-order valence-corrected chi connectivity index (χ1v) is 6.38. The molecule has 15 heavy (non-hydrogen) atoms. The predicted molar refractivity (Wildman–Crippen MR) is 58.4 cm³/mol. The van der Waals surface area contributed by atoms with E-state index in [1.165, 1.54) is 0 Å². The quantitative estimate of drug-likeness (QED) is 0.718. The largest absolute Gasteiger partial charge is 0.441 e. The Morgan fingerprint density at radius 1 is 1.47 bits per heavy atom. The maximum absolute atomic E-state index is 11.9. The number of likely N-dealkylation sites (tertiary alicyclic amines) is 1. The van der Waals surface area contributed by atoms with Gasteiger partial charge in [0.05, 0.1) is 0 Å². The number of halogens is 4. The normalized spacial score (nSPS) is 29.4. The zero-order chi connectivity index (χ0) is 11.5. The van der Waals surface area contributed by atoms with E-state index in [0.29, 0.717) is 12.5 Å². The zero-order valence-electron chi connectivity index (χ0n) is 8.56. The van der Waals surface area contributed by atoms with Crippen molar-refractivity contribution in [1.82, 2.24) is 4.90 Å². The van der Waals surface area contributed by atoms with Crippen LogP contribution in [-0.4, -0.2) is 41.2 Å². The van der Waals surface area contributed by atoms with Gasteiger partial charge in [-0.25, -0.2) is 0 Å². The van der Waals surface area contributed by atoms with E-state index < -0.39 is 5.51 Å². The first-order chi connectivity index (χ1) is 6.88. The SMILES string of the molecule is CC1CN(CCSC(F)(F)F)CCC1Cl. The number of rotatable bonds is 3. The van der Waals surface area contributed by atoms with Crippen molar-refractivity contribution in [1.29, 1.82) is 0 Å². The molecule has 0 aromatic carbocycles. The van der Waals surface area contributed by atoms with Crippen LogP contribution in [-0.2, 0) is 0 Å². The van der Waals surface area contributed by atoms with Crippen LogP contribution in [0.15, 0.2) is 0 Å². The summed E-state index contributed by atoms with van der Waals surface area (Å²) in [6, 6.07) is 0. The molecule has 2 atom stereocenters. The van der Waals surface area contributed by atoms with Gasteiger partial charge >= 0.3 is 5.51 Å². The van der Waals surface area contributed by atoms with Crippen LogP contribution >= 0.6 is 23.4 Å². The van der Waals surface area contributed by atoms with Crippen LogP contribution < -0.4 is 0 Å². The van der Waals surface area contributed by atoms with E-state index in [9.17, 15) is 13.2 Å². The summed E-state index contributed by atoms with van der Waals surface area (Å²) in [4.78, 5) is 2.06. The first-order valence-electron chi connectivity index (χ1n) is 4.95. The minimum atomic E-state index is -4.10. The Kier molecular flexibility index (Phi) is 5.06. The second kappa shape index (κ2) is 5.64. The fourth-order valence-corrected chi connectivity index (χ4v) is 2.46. The maximum Gasteiger partial charge on any atom is 0.441 e. The van der Waals surface area contributed by atoms with Gasteiger partial charge < -0.3 is 4.90 Å². The molecular formula is C9H15ClF3NS. The molecule has 1 heterocycles. The second-order valence-corrected chi connectivity index (χ2v) is 5.60. The molecule has 1 rings (SSSR count). The molecule has 1 aliphatic heterocycles. The van der Waals surface area contributed by atoms with Gasteiger partial charge in [0, 0.05) is 24.2 Å². The molecule has 1 aliphatic rings. The van der Waals surface area contributed by atoms with E-state index in [-0.39, 0.29) is 22.9 Å². The highest BCUT2D eigenvalue weighted by Gasteiger charge is 2.29. The van der Waals surface area contributed by atoms with Gasteiger partial charge in [-0.05, 0) is 30.6 Å². The lowest BCUT2D eigenvalue weighted by atomic mass is 10.00. The summed E-state index contributed by atoms with van der Waals surface area (Å²) < 4.78 is 35.6. The Bertz CT molecular complexity index is 200. The van der Waals surface area contributed by atoms with Crippen LogP contribution in [0.5, 0.6) is 0 Å². The molecule has 0 N–H and O–H groups in total. The molecule has 0 aliphatic carbocycles. The summed E-state index contributed by atoms with van der Waals surface area (Å²) in [7, 11) is 0. The van der Waals surface area contributed by atoms with Gasteiger partial charge in [0.2, 0.25) is 0 Å². The van der Waals surface area contributed by atoms with Crippen molar-refractivity contribution in [2.75, 3.05) is 25.4 Å². The fourth-order valence-electron chi connectivity index (χ4n) is 1.70. The zero-order valence-corrected chi connectivity index (χ0v) is 10.1. The Labute approximate surface area is 97.3 Å². The molecule has 2 unspecified atom stereocenters. The van der Waals surface area contributed by atoms with Crippen molar-refractivity contribution in [2.24, 2.45) is 5.92 Å². The summed E-state index contributed by atoms with van der Waals surface area (Å²) in [5.41, 5.74) is -4.10. The molecule has 0 spiro atoms. The highest BCUT2D eigenvalue weighted by Crippen LogP contribution is 2.30. The Hall–Kier alpha value is 0.390. The van der Waals surface area contributed by atoms with Crippen molar-refractivity contribution >= 4 is 23.4 Å². The van der Waals surface area contributed by atoms with E-state index in [1.807, 2.05) is 6.92 Å². The molecular weight excluding hydrogens is 247 g/mol. The summed E-state index contributed by atoms with van der Waals surface area (Å²) in [6.45, 7) is 4.17. The molecule has 0 amide bonds. The van der Waals surface area contributed by atoms with E-state index >= 15 is 0 Å². The van der Waals surface area contributed by atoms with Gasteiger partial charge in [-0.3, -0.25) is 0 Å². The van der Waals surface area contributed by atoms with E-state index in [4.69, 9.17) is 11.6 Å². The molecule has 90 valence electrons. The number of thioether (sulfide) groups is 1. The van der Waals surface area contributed by atoms with Crippen LogP contribution in [0.4, 0.5) is 13.2 Å². The third-order valence-corrected chi connectivity index (χ3v) is 3.92. The highest BCUT2D eigenvalue weighted by molar-refractivity contribution is 8.00. The summed E-state index contributed by atoms with van der Waals surface area (Å²) in [6.07, 6.45) is 0.874. The fraction of sp³-hybridized carbons (Fsp3) is 1.00. The van der Waals surface area contributed by atoms with Crippen molar-refractivity contribution < 1.29 is 13.2 Å². The number of nitrogens with zero attached hydrogens (tertiary/aromatic N) is 1. The number of piperidine rings is 1.